The fourth-order valence-corrected chi connectivity index (χ4v) is 2.52. The maximum Gasteiger partial charge on any atom is 0.311 e. The van der Waals surface area contributed by atoms with Crippen molar-refractivity contribution in [1.82, 2.24) is 14.9 Å². The fraction of sp³-hybridized carbons (Fsp3) is 0.538. The highest BCUT2D eigenvalue weighted by atomic mass is 16.4. The van der Waals surface area contributed by atoms with Crippen molar-refractivity contribution in [3.8, 4) is 0 Å². The van der Waals surface area contributed by atoms with Crippen LogP contribution in [-0.4, -0.2) is 44.9 Å². The molecule has 108 valence electrons. The highest BCUT2D eigenvalue weighted by molar-refractivity contribution is 5.93. The Morgan fingerprint density at radius 1 is 1.50 bits per heavy atom. The number of carbonyl (C=O) groups is 2. The minimum absolute atomic E-state index is 0.0682. The van der Waals surface area contributed by atoms with E-state index in [1.807, 2.05) is 13.8 Å². The molecule has 7 nitrogen and oxygen atoms in total. The van der Waals surface area contributed by atoms with Gasteiger partial charge in [-0.15, -0.1) is 0 Å². The van der Waals surface area contributed by atoms with Crippen molar-refractivity contribution in [2.24, 2.45) is 11.3 Å². The number of likely N-dealkylation sites (tertiary alicyclic amines) is 1. The van der Waals surface area contributed by atoms with Crippen LogP contribution in [0.5, 0.6) is 0 Å². The Bertz CT molecular complexity index is 575. The number of hydrogen-bond donors (Lipinski definition) is 2. The molecule has 0 bridgehead atoms. The molecule has 2 heterocycles. The summed E-state index contributed by atoms with van der Waals surface area (Å²) >= 11 is 0. The van der Waals surface area contributed by atoms with Gasteiger partial charge >= 0.3 is 5.97 Å². The van der Waals surface area contributed by atoms with E-state index in [1.165, 1.54) is 11.1 Å². The molecule has 1 aliphatic heterocycles. The largest absolute Gasteiger partial charge is 0.481 e. The second-order valence-electron chi connectivity index (χ2n) is 5.39. The second kappa shape index (κ2) is 5.07. The van der Waals surface area contributed by atoms with Crippen molar-refractivity contribution in [3.63, 3.8) is 0 Å². The Morgan fingerprint density at radius 2 is 2.20 bits per heavy atom. The number of nitrogens with zero attached hydrogens (tertiary/aromatic N) is 2. The Hall–Kier alpha value is -2.18. The van der Waals surface area contributed by atoms with Crippen LogP contribution < -0.4 is 5.56 Å². The molecule has 1 unspecified atom stereocenters. The molecule has 1 amide bonds. The Labute approximate surface area is 115 Å². The summed E-state index contributed by atoms with van der Waals surface area (Å²) in [4.78, 5) is 42.3. The molecule has 0 spiro atoms. The van der Waals surface area contributed by atoms with Gasteiger partial charge in [-0.3, -0.25) is 14.4 Å². The first-order valence-corrected chi connectivity index (χ1v) is 6.44. The Kier molecular flexibility index (Phi) is 3.61. The van der Waals surface area contributed by atoms with Crippen LogP contribution in [0.25, 0.3) is 0 Å². The van der Waals surface area contributed by atoms with Gasteiger partial charge in [0.05, 0.1) is 11.6 Å². The lowest BCUT2D eigenvalue weighted by Gasteiger charge is -2.28. The van der Waals surface area contributed by atoms with Crippen molar-refractivity contribution < 1.29 is 14.7 Å². The van der Waals surface area contributed by atoms with E-state index in [-0.39, 0.29) is 29.6 Å². The molecule has 1 aromatic rings. The molecule has 1 aromatic heterocycles. The Balaban J connectivity index is 2.20. The first-order valence-electron chi connectivity index (χ1n) is 6.44. The summed E-state index contributed by atoms with van der Waals surface area (Å²) in [5.74, 6) is -1.30. The van der Waals surface area contributed by atoms with E-state index in [0.717, 1.165) is 6.20 Å². The maximum atomic E-state index is 12.2. The molecule has 1 atom stereocenters. The summed E-state index contributed by atoms with van der Waals surface area (Å²) < 4.78 is 0. The normalized spacial score (nSPS) is 22.2. The highest BCUT2D eigenvalue weighted by Crippen LogP contribution is 2.38. The molecule has 0 radical (unpaired) electrons. The SMILES string of the molecule is CC(C)C1(C(=O)O)CCN(C(=O)c2c[nH]c(=O)cn2)C1. The lowest BCUT2D eigenvalue weighted by molar-refractivity contribution is -0.150. The maximum absolute atomic E-state index is 12.2. The standard InChI is InChI=1S/C13H17N3O4/c1-8(2)13(12(19)20)3-4-16(7-13)11(18)9-5-15-10(17)6-14-9/h5-6,8H,3-4,7H2,1-2H3,(H,15,17)(H,19,20). The summed E-state index contributed by atoms with van der Waals surface area (Å²) in [6, 6.07) is 0. The van der Waals surface area contributed by atoms with Crippen LogP contribution in [0.15, 0.2) is 17.2 Å². The van der Waals surface area contributed by atoms with Crippen molar-refractivity contribution in [3.05, 3.63) is 28.4 Å². The van der Waals surface area contributed by atoms with Gasteiger partial charge in [-0.1, -0.05) is 13.8 Å². The zero-order chi connectivity index (χ0) is 14.9. The summed E-state index contributed by atoms with van der Waals surface area (Å²) in [7, 11) is 0. The average Bonchev–Trinajstić information content (AvgIpc) is 2.85. The van der Waals surface area contributed by atoms with Gasteiger partial charge < -0.3 is 15.0 Å². The number of carboxylic acid groups (broad SMARTS) is 1. The number of aromatic amines is 1. The zero-order valence-corrected chi connectivity index (χ0v) is 11.4. The summed E-state index contributed by atoms with van der Waals surface area (Å²) in [5, 5.41) is 9.44. The number of amides is 1. The molecule has 20 heavy (non-hydrogen) atoms. The molecule has 2 rings (SSSR count). The van der Waals surface area contributed by atoms with Crippen LogP contribution in [0.1, 0.15) is 30.8 Å². The van der Waals surface area contributed by atoms with E-state index in [2.05, 4.69) is 9.97 Å². The van der Waals surface area contributed by atoms with Crippen molar-refractivity contribution in [2.45, 2.75) is 20.3 Å². The predicted molar refractivity (Wildman–Crippen MR) is 70.3 cm³/mol. The quantitative estimate of drug-likeness (QED) is 0.830. The fourth-order valence-electron chi connectivity index (χ4n) is 2.52. The molecule has 7 heteroatoms. The van der Waals surface area contributed by atoms with Gasteiger partial charge in [0.25, 0.3) is 11.5 Å². The summed E-state index contributed by atoms with van der Waals surface area (Å²) in [6.45, 7) is 4.24. The van der Waals surface area contributed by atoms with E-state index in [1.54, 1.807) is 0 Å². The topological polar surface area (TPSA) is 103 Å². The van der Waals surface area contributed by atoms with E-state index in [4.69, 9.17) is 0 Å². The number of carboxylic acids is 1. The third-order valence-electron chi connectivity index (χ3n) is 4.01. The first-order chi connectivity index (χ1) is 9.36. The lowest BCUT2D eigenvalue weighted by Crippen LogP contribution is -2.40. The summed E-state index contributed by atoms with van der Waals surface area (Å²) in [6.07, 6.45) is 2.71. The predicted octanol–water partition coefficient (Wildman–Crippen LogP) is 0.343. The molecule has 1 aliphatic rings. The van der Waals surface area contributed by atoms with Gasteiger partial charge in [-0.25, -0.2) is 4.98 Å². The van der Waals surface area contributed by atoms with Crippen molar-refractivity contribution >= 4 is 11.9 Å². The number of hydrogen-bond acceptors (Lipinski definition) is 4. The second-order valence-corrected chi connectivity index (χ2v) is 5.39. The first kappa shape index (κ1) is 14.2. The van der Waals surface area contributed by atoms with Crippen LogP contribution in [-0.2, 0) is 4.79 Å². The van der Waals surface area contributed by atoms with Gasteiger partial charge in [0, 0.05) is 19.3 Å². The monoisotopic (exact) mass is 279 g/mol. The molecule has 1 saturated heterocycles. The van der Waals surface area contributed by atoms with Crippen LogP contribution >= 0.6 is 0 Å². The van der Waals surface area contributed by atoms with Crippen LogP contribution in [0.2, 0.25) is 0 Å². The molecule has 1 fully saturated rings. The Morgan fingerprint density at radius 3 is 2.65 bits per heavy atom. The van der Waals surface area contributed by atoms with Crippen LogP contribution in [0.3, 0.4) is 0 Å². The van der Waals surface area contributed by atoms with Gasteiger partial charge in [0.2, 0.25) is 0 Å². The smallest absolute Gasteiger partial charge is 0.311 e. The van der Waals surface area contributed by atoms with Crippen molar-refractivity contribution in [1.29, 1.82) is 0 Å². The van der Waals surface area contributed by atoms with E-state index in [0.29, 0.717) is 13.0 Å². The van der Waals surface area contributed by atoms with E-state index >= 15 is 0 Å². The zero-order valence-electron chi connectivity index (χ0n) is 11.4. The molecular weight excluding hydrogens is 262 g/mol. The molecule has 0 aliphatic carbocycles. The average molecular weight is 279 g/mol. The number of nitrogens with one attached hydrogen (secondary N) is 1. The minimum Gasteiger partial charge on any atom is -0.481 e. The number of aliphatic carboxylic acids is 1. The van der Waals surface area contributed by atoms with Crippen LogP contribution in [0.4, 0.5) is 0 Å². The third-order valence-corrected chi connectivity index (χ3v) is 4.01. The number of carbonyl (C=O) groups excluding carboxylic acids is 1. The third kappa shape index (κ3) is 2.31. The molecule has 2 N–H and O–H groups in total. The van der Waals surface area contributed by atoms with E-state index in [9.17, 15) is 19.5 Å². The van der Waals surface area contributed by atoms with Crippen LogP contribution in [0, 0.1) is 11.3 Å². The molecular formula is C13H17N3O4. The van der Waals surface area contributed by atoms with E-state index < -0.39 is 11.4 Å². The van der Waals surface area contributed by atoms with Gasteiger partial charge in [-0.05, 0) is 12.3 Å². The molecule has 0 aromatic carbocycles. The number of H-pyrrole nitrogens is 1. The van der Waals surface area contributed by atoms with Gasteiger partial charge in [0.1, 0.15) is 5.69 Å². The van der Waals surface area contributed by atoms with Gasteiger partial charge in [-0.2, -0.15) is 0 Å². The molecule has 0 saturated carbocycles. The minimum atomic E-state index is -0.905. The highest BCUT2D eigenvalue weighted by Gasteiger charge is 2.48. The summed E-state index contributed by atoms with van der Waals surface area (Å²) in [5.41, 5.74) is -1.17. The van der Waals surface area contributed by atoms with Crippen molar-refractivity contribution in [2.75, 3.05) is 13.1 Å². The number of aromatic nitrogens is 2. The lowest BCUT2D eigenvalue weighted by atomic mass is 9.76. The number of rotatable bonds is 3. The van der Waals surface area contributed by atoms with Gasteiger partial charge in [0.15, 0.2) is 0 Å².